The van der Waals surface area contributed by atoms with Crippen molar-refractivity contribution in [2.24, 2.45) is 5.92 Å². The van der Waals surface area contributed by atoms with Crippen LogP contribution in [0.25, 0.3) is 0 Å². The summed E-state index contributed by atoms with van der Waals surface area (Å²) < 4.78 is 5.14. The maximum absolute atomic E-state index is 13.0. The number of carbonyl (C=O) groups is 3. The molecule has 2 aliphatic heterocycles. The number of amides is 2. The predicted octanol–water partition coefficient (Wildman–Crippen LogP) is 0.980. The number of aromatic nitrogens is 2. The zero-order valence-electron chi connectivity index (χ0n) is 18.9. The molecule has 1 aromatic heterocycles. The Bertz CT molecular complexity index is 769. The van der Waals surface area contributed by atoms with Crippen LogP contribution in [0.4, 0.5) is 0 Å². The lowest BCUT2D eigenvalue weighted by molar-refractivity contribution is -0.133. The molecule has 2 amide bonds. The third-order valence-corrected chi connectivity index (χ3v) is 6.70. The molecule has 0 unspecified atom stereocenters. The minimum atomic E-state index is -0.250. The number of ether oxygens (including phenoxy) is 1. The molecule has 0 spiro atoms. The monoisotopic (exact) mass is 449 g/mol. The van der Waals surface area contributed by atoms with Crippen LogP contribution in [0.5, 0.6) is 0 Å². The second kappa shape index (κ2) is 12.0. The van der Waals surface area contributed by atoms with E-state index in [-0.39, 0.29) is 18.3 Å². The highest BCUT2D eigenvalue weighted by molar-refractivity contribution is 5.94. The molecule has 1 aromatic rings. The third kappa shape index (κ3) is 6.07. The van der Waals surface area contributed by atoms with Gasteiger partial charge in [-0.1, -0.05) is 12.8 Å². The van der Waals surface area contributed by atoms with Crippen molar-refractivity contribution in [3.63, 3.8) is 0 Å². The van der Waals surface area contributed by atoms with E-state index in [2.05, 4.69) is 15.1 Å². The highest BCUT2D eigenvalue weighted by Crippen LogP contribution is 2.29. The number of H-pyrrole nitrogens is 1. The van der Waals surface area contributed by atoms with Gasteiger partial charge in [0.1, 0.15) is 0 Å². The molecule has 32 heavy (non-hydrogen) atoms. The van der Waals surface area contributed by atoms with Gasteiger partial charge in [-0.15, -0.1) is 0 Å². The fourth-order valence-electron chi connectivity index (χ4n) is 4.84. The van der Waals surface area contributed by atoms with Gasteiger partial charge in [0.25, 0.3) is 12.4 Å². The van der Waals surface area contributed by atoms with E-state index in [1.54, 1.807) is 7.11 Å². The summed E-state index contributed by atoms with van der Waals surface area (Å²) in [6.45, 7) is 5.77. The highest BCUT2D eigenvalue weighted by Gasteiger charge is 2.31. The Morgan fingerprint density at radius 1 is 1.16 bits per heavy atom. The summed E-state index contributed by atoms with van der Waals surface area (Å²) in [4.78, 5) is 40.2. The molecule has 10 nitrogen and oxygen atoms in total. The second-order valence-corrected chi connectivity index (χ2v) is 8.68. The number of methoxy groups -OCH3 is 1. The van der Waals surface area contributed by atoms with E-state index in [1.807, 2.05) is 9.80 Å². The fourth-order valence-corrected chi connectivity index (χ4v) is 4.84. The maximum Gasteiger partial charge on any atom is 0.290 e. The van der Waals surface area contributed by atoms with Crippen LogP contribution >= 0.6 is 0 Å². The molecule has 1 aliphatic carbocycles. The topological polar surface area (TPSA) is 119 Å². The lowest BCUT2D eigenvalue weighted by Gasteiger charge is -2.34. The van der Waals surface area contributed by atoms with E-state index in [1.165, 1.54) is 25.7 Å². The Hall–Kier alpha value is -2.46. The van der Waals surface area contributed by atoms with Gasteiger partial charge in [-0.3, -0.25) is 24.4 Å². The molecule has 10 heteroatoms. The molecule has 0 aromatic carbocycles. The van der Waals surface area contributed by atoms with Crippen molar-refractivity contribution >= 4 is 18.3 Å². The largest absolute Gasteiger partial charge is 0.483 e. The maximum atomic E-state index is 13.0. The lowest BCUT2D eigenvalue weighted by atomic mass is 10.00. The summed E-state index contributed by atoms with van der Waals surface area (Å²) in [5.41, 5.74) is 2.48. The van der Waals surface area contributed by atoms with E-state index in [0.717, 1.165) is 50.6 Å². The number of piperazine rings is 1. The van der Waals surface area contributed by atoms with Gasteiger partial charge in [0.05, 0.1) is 18.8 Å². The van der Waals surface area contributed by atoms with Crippen LogP contribution in [0.3, 0.4) is 0 Å². The molecule has 3 aliphatic rings. The summed E-state index contributed by atoms with van der Waals surface area (Å²) in [5, 5.41) is 14.3. The van der Waals surface area contributed by atoms with Crippen molar-refractivity contribution in [1.82, 2.24) is 24.9 Å². The van der Waals surface area contributed by atoms with Gasteiger partial charge in [-0.2, -0.15) is 5.10 Å². The molecule has 178 valence electrons. The second-order valence-electron chi connectivity index (χ2n) is 8.68. The van der Waals surface area contributed by atoms with Gasteiger partial charge in [0.15, 0.2) is 5.69 Å². The summed E-state index contributed by atoms with van der Waals surface area (Å²) >= 11 is 0. The van der Waals surface area contributed by atoms with Gasteiger partial charge in [-0.05, 0) is 25.2 Å². The zero-order valence-corrected chi connectivity index (χ0v) is 18.9. The summed E-state index contributed by atoms with van der Waals surface area (Å²) in [7, 11) is 1.71. The average Bonchev–Trinajstić information content (AvgIpc) is 3.47. The van der Waals surface area contributed by atoms with E-state index < -0.39 is 0 Å². The first-order valence-corrected chi connectivity index (χ1v) is 11.5. The Labute approximate surface area is 188 Å². The lowest BCUT2D eigenvalue weighted by Crippen LogP contribution is -2.49. The molecule has 2 fully saturated rings. The summed E-state index contributed by atoms with van der Waals surface area (Å²) in [6, 6.07) is 0. The molecule has 2 N–H and O–H groups in total. The molecule has 4 rings (SSSR count). The molecule has 0 bridgehead atoms. The molecule has 3 heterocycles. The van der Waals surface area contributed by atoms with E-state index >= 15 is 0 Å². The van der Waals surface area contributed by atoms with Gasteiger partial charge in [0, 0.05) is 58.4 Å². The number of carboxylic acid groups (broad SMARTS) is 1. The molecule has 0 radical (unpaired) electrons. The van der Waals surface area contributed by atoms with Gasteiger partial charge in [-0.25, -0.2) is 0 Å². The third-order valence-electron chi connectivity index (χ3n) is 6.70. The number of hydrogen-bond donors (Lipinski definition) is 2. The Morgan fingerprint density at radius 2 is 1.84 bits per heavy atom. The minimum Gasteiger partial charge on any atom is -0.483 e. The van der Waals surface area contributed by atoms with Gasteiger partial charge < -0.3 is 19.6 Å². The zero-order chi connectivity index (χ0) is 22.9. The fraction of sp³-hybridized carbons (Fsp3) is 0.727. The standard InChI is InChI=1S/C21H33N5O3.CH2O2/c1-29-13-12-24-8-10-25(11-9-24)21(28)20-17-6-7-26(15-18(17)22-23-20)19(27)14-16-4-2-3-5-16;2-1-3/h16H,2-15H2,1H3,(H,22,23);1H,(H,2,3). The van der Waals surface area contributed by atoms with Crippen molar-refractivity contribution in [3.05, 3.63) is 17.0 Å². The minimum absolute atomic E-state index is 0.0135. The first-order chi connectivity index (χ1) is 15.6. The van der Waals surface area contributed by atoms with Crippen LogP contribution in [-0.2, 0) is 27.3 Å². The summed E-state index contributed by atoms with van der Waals surface area (Å²) in [6.07, 6.45) is 6.27. The van der Waals surface area contributed by atoms with Crippen molar-refractivity contribution in [2.45, 2.75) is 45.1 Å². The van der Waals surface area contributed by atoms with Gasteiger partial charge >= 0.3 is 0 Å². The van der Waals surface area contributed by atoms with E-state index in [9.17, 15) is 9.59 Å². The number of nitrogens with zero attached hydrogens (tertiary/aromatic N) is 4. The van der Waals surface area contributed by atoms with Crippen LogP contribution < -0.4 is 0 Å². The SMILES string of the molecule is COCCN1CCN(C(=O)c2n[nH]c3c2CCN(C(=O)CC2CCCC2)C3)CC1.O=CO. The van der Waals surface area contributed by atoms with Crippen LogP contribution in [0.1, 0.15) is 53.8 Å². The first kappa shape index (κ1) is 24.2. The van der Waals surface area contributed by atoms with Gasteiger partial charge in [0.2, 0.25) is 5.91 Å². The van der Waals surface area contributed by atoms with Crippen molar-refractivity contribution in [1.29, 1.82) is 0 Å². The summed E-state index contributed by atoms with van der Waals surface area (Å²) in [5.74, 6) is 0.821. The number of carbonyl (C=O) groups excluding carboxylic acids is 2. The highest BCUT2D eigenvalue weighted by atomic mass is 16.5. The predicted molar refractivity (Wildman–Crippen MR) is 117 cm³/mol. The van der Waals surface area contributed by atoms with Crippen molar-refractivity contribution in [2.75, 3.05) is 53.0 Å². The number of fused-ring (bicyclic) bond motifs is 1. The molecular weight excluding hydrogens is 414 g/mol. The molecule has 1 saturated carbocycles. The number of aromatic amines is 1. The Balaban J connectivity index is 0.000000913. The number of nitrogens with one attached hydrogen (secondary N) is 1. The normalized spacial score (nSPS) is 19.3. The Morgan fingerprint density at radius 3 is 2.50 bits per heavy atom. The molecule has 0 atom stereocenters. The van der Waals surface area contributed by atoms with Crippen molar-refractivity contribution < 1.29 is 24.2 Å². The van der Waals surface area contributed by atoms with Crippen LogP contribution in [-0.4, -0.2) is 101 Å². The Kier molecular flexibility index (Phi) is 9.04. The molecular formula is C22H35N5O5. The van der Waals surface area contributed by atoms with Crippen molar-refractivity contribution in [3.8, 4) is 0 Å². The number of rotatable bonds is 6. The van der Waals surface area contributed by atoms with Crippen LogP contribution in [0.2, 0.25) is 0 Å². The molecule has 1 saturated heterocycles. The van der Waals surface area contributed by atoms with E-state index in [4.69, 9.17) is 14.6 Å². The number of hydrogen-bond acceptors (Lipinski definition) is 6. The average molecular weight is 450 g/mol. The van der Waals surface area contributed by atoms with Crippen LogP contribution in [0.15, 0.2) is 0 Å². The van der Waals surface area contributed by atoms with E-state index in [0.29, 0.717) is 37.5 Å². The smallest absolute Gasteiger partial charge is 0.290 e. The van der Waals surface area contributed by atoms with Crippen LogP contribution in [0, 0.1) is 5.92 Å². The first-order valence-electron chi connectivity index (χ1n) is 11.5. The quantitative estimate of drug-likeness (QED) is 0.622.